The van der Waals surface area contributed by atoms with Crippen LogP contribution in [0.1, 0.15) is 51.4 Å². The van der Waals surface area contributed by atoms with Gasteiger partial charge in [0.1, 0.15) is 23.7 Å². The molecule has 0 amide bonds. The Kier molecular flexibility index (Phi) is 10.2. The lowest BCUT2D eigenvalue weighted by Gasteiger charge is -2.30. The molecule has 0 unspecified atom stereocenters. The molecule has 0 aromatic heterocycles. The molecular weight excluding hydrogens is 560 g/mol. The highest BCUT2D eigenvalue weighted by Gasteiger charge is 2.25. The molecule has 2 aromatic rings. The molecule has 0 N–H and O–H groups in total. The smallest absolute Gasteiger partial charge is 0.349 e. The van der Waals surface area contributed by atoms with E-state index < -0.39 is 11.9 Å². The molecular formula is C34H44N4O6. The third-order valence-corrected chi connectivity index (χ3v) is 8.82. The number of rotatable bonds is 10. The number of hydrogen-bond donors (Lipinski definition) is 0. The van der Waals surface area contributed by atoms with Gasteiger partial charge in [0, 0.05) is 102 Å². The van der Waals surface area contributed by atoms with Gasteiger partial charge in [0.05, 0.1) is 0 Å². The lowest BCUT2D eigenvalue weighted by atomic mass is 10.1. The van der Waals surface area contributed by atoms with Gasteiger partial charge in [0.15, 0.2) is 0 Å². The number of nitrogens with zero attached hydrogens (tertiary/aromatic N) is 4. The summed E-state index contributed by atoms with van der Waals surface area (Å²) in [5, 5.41) is 3.25. The van der Waals surface area contributed by atoms with Crippen molar-refractivity contribution in [3.8, 4) is 11.5 Å². The van der Waals surface area contributed by atoms with Crippen molar-refractivity contribution in [1.82, 2.24) is 10.1 Å². The number of hydroxylamine groups is 4. The van der Waals surface area contributed by atoms with Crippen molar-refractivity contribution < 1.29 is 28.7 Å². The van der Waals surface area contributed by atoms with Crippen molar-refractivity contribution in [2.45, 2.75) is 63.6 Å². The molecule has 0 bridgehead atoms. The Morgan fingerprint density at radius 1 is 0.523 bits per heavy atom. The molecule has 0 spiro atoms. The maximum Gasteiger partial charge on any atom is 0.349 e. The highest BCUT2D eigenvalue weighted by atomic mass is 16.7. The van der Waals surface area contributed by atoms with E-state index in [0.717, 1.165) is 75.5 Å². The molecule has 0 atom stereocenters. The molecule has 6 rings (SSSR count). The fourth-order valence-corrected chi connectivity index (χ4v) is 6.34. The van der Waals surface area contributed by atoms with Gasteiger partial charge in [-0.25, -0.2) is 9.59 Å². The van der Waals surface area contributed by atoms with E-state index in [1.165, 1.54) is 37.1 Å². The van der Waals surface area contributed by atoms with Crippen molar-refractivity contribution in [2.24, 2.45) is 0 Å². The van der Waals surface area contributed by atoms with Gasteiger partial charge in [-0.1, -0.05) is 0 Å². The first kappa shape index (κ1) is 30.3. The zero-order chi connectivity index (χ0) is 30.1. The van der Waals surface area contributed by atoms with Gasteiger partial charge < -0.3 is 28.9 Å². The number of ether oxygens (including phenoxy) is 2. The predicted molar refractivity (Wildman–Crippen MR) is 168 cm³/mol. The molecule has 10 heteroatoms. The second-order valence-corrected chi connectivity index (χ2v) is 12.0. The molecule has 0 aliphatic carbocycles. The minimum atomic E-state index is -0.596. The third kappa shape index (κ3) is 8.45. The van der Waals surface area contributed by atoms with Crippen molar-refractivity contribution >= 4 is 23.3 Å². The van der Waals surface area contributed by atoms with Gasteiger partial charge in [-0.05, 0) is 74.2 Å². The maximum absolute atomic E-state index is 12.3. The minimum Gasteiger partial charge on any atom is -0.490 e. The van der Waals surface area contributed by atoms with Gasteiger partial charge >= 0.3 is 11.9 Å². The van der Waals surface area contributed by atoms with E-state index in [1.54, 1.807) is 10.1 Å². The summed E-state index contributed by atoms with van der Waals surface area (Å²) in [5.41, 5.74) is 2.50. The van der Waals surface area contributed by atoms with E-state index in [9.17, 15) is 9.59 Å². The van der Waals surface area contributed by atoms with Crippen LogP contribution in [-0.2, 0) is 19.3 Å². The van der Waals surface area contributed by atoms with Crippen LogP contribution in [0.4, 0.5) is 11.4 Å². The third-order valence-electron chi connectivity index (χ3n) is 8.82. The van der Waals surface area contributed by atoms with Crippen LogP contribution in [0, 0.1) is 0 Å². The van der Waals surface area contributed by atoms with Gasteiger partial charge in [-0.3, -0.25) is 0 Å². The summed E-state index contributed by atoms with van der Waals surface area (Å²) in [7, 11) is 0. The highest BCUT2D eigenvalue weighted by molar-refractivity contribution is 5.91. The number of hydrogen-bond acceptors (Lipinski definition) is 10. The normalized spacial score (nSPS) is 20.7. The minimum absolute atomic E-state index is 0.0722. The van der Waals surface area contributed by atoms with Crippen LogP contribution in [0.5, 0.6) is 11.5 Å². The summed E-state index contributed by atoms with van der Waals surface area (Å²) in [6.07, 6.45) is 10.4. The zero-order valence-electron chi connectivity index (χ0n) is 25.5. The molecule has 4 aliphatic heterocycles. The van der Waals surface area contributed by atoms with Gasteiger partial charge in [-0.15, -0.1) is 10.1 Å². The predicted octanol–water partition coefficient (Wildman–Crippen LogP) is 4.75. The van der Waals surface area contributed by atoms with E-state index in [0.29, 0.717) is 26.2 Å². The van der Waals surface area contributed by atoms with Crippen molar-refractivity contribution in [2.75, 3.05) is 62.2 Å². The Morgan fingerprint density at radius 2 is 0.864 bits per heavy atom. The standard InChI is InChI=1S/C34H44N4O6/c39-33(43-37-23-15-31(16-24-37)41-29-9-5-27(6-10-29)35-19-1-2-20-35)13-14-34(40)44-38-25-17-32(18-26-38)42-30-11-7-28(8-12-30)36-21-3-4-22-36/h5-14,31-32H,1-4,15-26H2/b14-13+. The molecule has 10 nitrogen and oxygen atoms in total. The number of benzene rings is 2. The molecule has 4 saturated heterocycles. The first-order valence-corrected chi connectivity index (χ1v) is 16.2. The fraction of sp³-hybridized carbons (Fsp3) is 0.529. The van der Waals surface area contributed by atoms with E-state index in [-0.39, 0.29) is 12.2 Å². The monoisotopic (exact) mass is 604 g/mol. The van der Waals surface area contributed by atoms with Gasteiger partial charge in [-0.2, -0.15) is 0 Å². The van der Waals surface area contributed by atoms with Crippen molar-refractivity contribution in [3.05, 3.63) is 60.7 Å². The topological polar surface area (TPSA) is 84.0 Å². The fourth-order valence-electron chi connectivity index (χ4n) is 6.34. The average molecular weight is 605 g/mol. The number of anilines is 2. The average Bonchev–Trinajstić information content (AvgIpc) is 3.79. The van der Waals surface area contributed by atoms with Crippen molar-refractivity contribution in [3.63, 3.8) is 0 Å². The lowest BCUT2D eigenvalue weighted by molar-refractivity contribution is -0.194. The molecule has 44 heavy (non-hydrogen) atoms. The summed E-state index contributed by atoms with van der Waals surface area (Å²) in [6, 6.07) is 16.7. The van der Waals surface area contributed by atoms with Crippen LogP contribution < -0.4 is 19.3 Å². The van der Waals surface area contributed by atoms with Gasteiger partial charge in [0.25, 0.3) is 0 Å². The number of carbonyl (C=O) groups excluding carboxylic acids is 2. The second kappa shape index (κ2) is 14.8. The maximum atomic E-state index is 12.3. The zero-order valence-corrected chi connectivity index (χ0v) is 25.5. The SMILES string of the molecule is O=C(/C=C/C(=O)ON1CCC(Oc2ccc(N3CCCC3)cc2)CC1)ON1CCC(Oc2ccc(N3CCCC3)cc2)CC1. The molecule has 2 aromatic carbocycles. The largest absolute Gasteiger partial charge is 0.490 e. The Balaban J connectivity index is 0.845. The molecule has 0 saturated carbocycles. The van der Waals surface area contributed by atoms with E-state index in [1.807, 2.05) is 24.3 Å². The van der Waals surface area contributed by atoms with E-state index in [2.05, 4.69) is 34.1 Å². The molecule has 0 radical (unpaired) electrons. The summed E-state index contributed by atoms with van der Waals surface area (Å²) in [6.45, 7) is 6.77. The molecule has 4 fully saturated rings. The van der Waals surface area contributed by atoms with E-state index in [4.69, 9.17) is 19.1 Å². The van der Waals surface area contributed by atoms with Crippen molar-refractivity contribution in [1.29, 1.82) is 0 Å². The Bertz CT molecular complexity index is 1140. The molecule has 4 aliphatic rings. The van der Waals surface area contributed by atoms with Crippen LogP contribution in [0.25, 0.3) is 0 Å². The first-order chi connectivity index (χ1) is 21.6. The quantitative estimate of drug-likeness (QED) is 0.355. The molecule has 236 valence electrons. The lowest BCUT2D eigenvalue weighted by Crippen LogP contribution is -2.39. The van der Waals surface area contributed by atoms with E-state index >= 15 is 0 Å². The Morgan fingerprint density at radius 3 is 1.20 bits per heavy atom. The van der Waals surface area contributed by atoms with Crippen LogP contribution in [0.15, 0.2) is 60.7 Å². The Labute approximate surface area is 260 Å². The van der Waals surface area contributed by atoms with Crippen LogP contribution in [0.2, 0.25) is 0 Å². The molecule has 4 heterocycles. The summed E-state index contributed by atoms with van der Waals surface area (Å²) in [5.74, 6) is 0.539. The summed E-state index contributed by atoms with van der Waals surface area (Å²) < 4.78 is 12.3. The van der Waals surface area contributed by atoms with Crippen LogP contribution in [-0.4, -0.2) is 86.6 Å². The highest BCUT2D eigenvalue weighted by Crippen LogP contribution is 2.27. The number of carbonyl (C=O) groups is 2. The van der Waals surface area contributed by atoms with Crippen LogP contribution >= 0.6 is 0 Å². The number of piperidine rings is 2. The van der Waals surface area contributed by atoms with Gasteiger partial charge in [0.2, 0.25) is 0 Å². The Hall–Kier alpha value is -3.76. The summed E-state index contributed by atoms with van der Waals surface area (Å²) in [4.78, 5) is 40.2. The summed E-state index contributed by atoms with van der Waals surface area (Å²) >= 11 is 0. The first-order valence-electron chi connectivity index (χ1n) is 16.2. The second-order valence-electron chi connectivity index (χ2n) is 12.0. The van der Waals surface area contributed by atoms with Crippen LogP contribution in [0.3, 0.4) is 0 Å².